The van der Waals surface area contributed by atoms with Crippen molar-refractivity contribution in [3.8, 4) is 0 Å². The topological polar surface area (TPSA) is 70.8 Å². The molecule has 1 atom stereocenters. The number of carbonyl (C=O) groups is 2. The van der Waals surface area contributed by atoms with E-state index in [0.29, 0.717) is 12.2 Å². The summed E-state index contributed by atoms with van der Waals surface area (Å²) < 4.78 is 5.48. The number of carbonyl (C=O) groups excluding carboxylic acids is 1. The average Bonchev–Trinajstić information content (AvgIpc) is 3.04. The molecule has 24 heavy (non-hydrogen) atoms. The van der Waals surface area contributed by atoms with Gasteiger partial charge in [-0.05, 0) is 18.4 Å². The maximum absolute atomic E-state index is 12.7. The summed E-state index contributed by atoms with van der Waals surface area (Å²) in [5.41, 5.74) is 1.22. The summed E-state index contributed by atoms with van der Waals surface area (Å²) >= 11 is 0. The lowest BCUT2D eigenvalue weighted by atomic mass is 10.0. The highest BCUT2D eigenvalue weighted by Crippen LogP contribution is 2.20. The highest BCUT2D eigenvalue weighted by atomic mass is 16.4. The van der Waals surface area contributed by atoms with Gasteiger partial charge < -0.3 is 14.4 Å². The van der Waals surface area contributed by atoms with E-state index in [4.69, 9.17) is 4.42 Å². The van der Waals surface area contributed by atoms with E-state index in [0.717, 1.165) is 18.4 Å². The van der Waals surface area contributed by atoms with Crippen LogP contribution >= 0.6 is 0 Å². The summed E-state index contributed by atoms with van der Waals surface area (Å²) in [6, 6.07) is 11.3. The van der Waals surface area contributed by atoms with Gasteiger partial charge in [-0.1, -0.05) is 44.2 Å². The van der Waals surface area contributed by atoms with Crippen LogP contribution in [0.2, 0.25) is 0 Å². The van der Waals surface area contributed by atoms with Crippen LogP contribution in [0.1, 0.15) is 52.5 Å². The Morgan fingerprint density at radius 3 is 2.38 bits per heavy atom. The SMILES string of the molecule is CCc1oc(C(=O)N(C)C(CC)Cc2ccccc2)cc1C(=O)O. The van der Waals surface area contributed by atoms with E-state index in [1.807, 2.05) is 37.3 Å². The van der Waals surface area contributed by atoms with Crippen LogP contribution in [-0.2, 0) is 12.8 Å². The molecule has 5 heteroatoms. The maximum atomic E-state index is 12.7. The fraction of sp³-hybridized carbons (Fsp3) is 0.368. The Kier molecular flexibility index (Phi) is 5.79. The minimum atomic E-state index is -1.08. The first-order chi connectivity index (χ1) is 11.5. The molecule has 1 N–H and O–H groups in total. The number of furan rings is 1. The molecule has 2 aromatic rings. The summed E-state index contributed by atoms with van der Waals surface area (Å²) in [5.74, 6) is -0.956. The molecule has 0 saturated heterocycles. The first-order valence-electron chi connectivity index (χ1n) is 8.14. The van der Waals surface area contributed by atoms with Crippen LogP contribution in [0.4, 0.5) is 0 Å². The second kappa shape index (κ2) is 7.81. The van der Waals surface area contributed by atoms with Gasteiger partial charge in [0.1, 0.15) is 11.3 Å². The number of aromatic carboxylic acids is 1. The van der Waals surface area contributed by atoms with Crippen molar-refractivity contribution < 1.29 is 19.1 Å². The van der Waals surface area contributed by atoms with Crippen molar-refractivity contribution in [3.05, 3.63) is 59.0 Å². The van der Waals surface area contributed by atoms with Crippen LogP contribution in [0.3, 0.4) is 0 Å². The number of hydrogen-bond acceptors (Lipinski definition) is 3. The third-order valence-corrected chi connectivity index (χ3v) is 4.22. The lowest BCUT2D eigenvalue weighted by molar-refractivity contribution is 0.0683. The Morgan fingerprint density at radius 1 is 1.21 bits per heavy atom. The molecule has 128 valence electrons. The van der Waals surface area contributed by atoms with Gasteiger partial charge in [-0.2, -0.15) is 0 Å². The lowest BCUT2D eigenvalue weighted by Gasteiger charge is -2.26. The van der Waals surface area contributed by atoms with Crippen LogP contribution in [0.15, 0.2) is 40.8 Å². The Bertz CT molecular complexity index is 705. The van der Waals surface area contributed by atoms with Gasteiger partial charge >= 0.3 is 5.97 Å². The molecular formula is C19H23NO4. The van der Waals surface area contributed by atoms with Crippen molar-refractivity contribution in [2.45, 2.75) is 39.2 Å². The first kappa shape index (κ1) is 17.8. The highest BCUT2D eigenvalue weighted by molar-refractivity contribution is 5.96. The number of benzene rings is 1. The van der Waals surface area contributed by atoms with Gasteiger partial charge in [-0.3, -0.25) is 4.79 Å². The number of likely N-dealkylation sites (N-methyl/N-ethyl adjacent to an activating group) is 1. The summed E-state index contributed by atoms with van der Waals surface area (Å²) in [5, 5.41) is 9.20. The second-order valence-electron chi connectivity index (χ2n) is 5.77. The third kappa shape index (κ3) is 3.85. The van der Waals surface area contributed by atoms with Gasteiger partial charge in [0.05, 0.1) is 0 Å². The van der Waals surface area contributed by atoms with Gasteiger partial charge in [0.25, 0.3) is 5.91 Å². The summed E-state index contributed by atoms with van der Waals surface area (Å²) in [4.78, 5) is 25.5. The maximum Gasteiger partial charge on any atom is 0.339 e. The molecule has 1 heterocycles. The molecule has 0 spiro atoms. The van der Waals surface area contributed by atoms with Crippen LogP contribution in [0.5, 0.6) is 0 Å². The van der Waals surface area contributed by atoms with Crippen LogP contribution in [0, 0.1) is 0 Å². The zero-order valence-corrected chi connectivity index (χ0v) is 14.3. The van der Waals surface area contributed by atoms with Gasteiger partial charge in [0, 0.05) is 25.6 Å². The smallest absolute Gasteiger partial charge is 0.339 e. The van der Waals surface area contributed by atoms with Crippen molar-refractivity contribution in [3.63, 3.8) is 0 Å². The number of carboxylic acids is 1. The molecule has 0 aliphatic carbocycles. The van der Waals surface area contributed by atoms with Crippen molar-refractivity contribution in [1.82, 2.24) is 4.90 Å². The normalized spacial score (nSPS) is 12.0. The molecular weight excluding hydrogens is 306 g/mol. The molecule has 5 nitrogen and oxygen atoms in total. The van der Waals surface area contributed by atoms with E-state index in [1.54, 1.807) is 18.9 Å². The minimum absolute atomic E-state index is 0.0170. The third-order valence-electron chi connectivity index (χ3n) is 4.22. The average molecular weight is 329 g/mol. The van der Waals surface area contributed by atoms with E-state index in [2.05, 4.69) is 0 Å². The van der Waals surface area contributed by atoms with E-state index in [1.165, 1.54) is 6.07 Å². The summed E-state index contributed by atoms with van der Waals surface area (Å²) in [6.07, 6.45) is 1.97. The molecule has 1 aromatic carbocycles. The molecule has 1 amide bonds. The quantitative estimate of drug-likeness (QED) is 0.842. The fourth-order valence-corrected chi connectivity index (χ4v) is 2.76. The largest absolute Gasteiger partial charge is 0.478 e. The van der Waals surface area contributed by atoms with E-state index in [9.17, 15) is 14.7 Å². The van der Waals surface area contributed by atoms with Crippen LogP contribution in [0.25, 0.3) is 0 Å². The Balaban J connectivity index is 2.19. The zero-order chi connectivity index (χ0) is 17.7. The van der Waals surface area contributed by atoms with Crippen molar-refractivity contribution in [1.29, 1.82) is 0 Å². The van der Waals surface area contributed by atoms with E-state index in [-0.39, 0.29) is 23.3 Å². The van der Waals surface area contributed by atoms with Crippen molar-refractivity contribution in [2.24, 2.45) is 0 Å². The molecule has 1 unspecified atom stereocenters. The first-order valence-corrected chi connectivity index (χ1v) is 8.14. The van der Waals surface area contributed by atoms with Gasteiger partial charge in [-0.25, -0.2) is 4.79 Å². The molecule has 0 aliphatic rings. The fourth-order valence-electron chi connectivity index (χ4n) is 2.76. The molecule has 0 fully saturated rings. The molecule has 0 bridgehead atoms. The lowest BCUT2D eigenvalue weighted by Crippen LogP contribution is -2.38. The molecule has 0 saturated carbocycles. The molecule has 0 aliphatic heterocycles. The van der Waals surface area contributed by atoms with Gasteiger partial charge in [-0.15, -0.1) is 0 Å². The number of aryl methyl sites for hydroxylation is 1. The van der Waals surface area contributed by atoms with E-state index >= 15 is 0 Å². The van der Waals surface area contributed by atoms with E-state index < -0.39 is 5.97 Å². The second-order valence-corrected chi connectivity index (χ2v) is 5.77. The Morgan fingerprint density at radius 2 is 1.88 bits per heavy atom. The standard InChI is InChI=1S/C19H23NO4/c1-4-14(11-13-9-7-6-8-10-13)20(3)18(21)17-12-15(19(22)23)16(5-2)24-17/h6-10,12,14H,4-5,11H2,1-3H3,(H,22,23). The van der Waals surface area contributed by atoms with Crippen molar-refractivity contribution in [2.75, 3.05) is 7.05 Å². The molecule has 1 aromatic heterocycles. The Hall–Kier alpha value is -2.56. The number of amides is 1. The number of hydrogen-bond donors (Lipinski definition) is 1. The Labute approximate surface area is 141 Å². The van der Waals surface area contributed by atoms with Crippen LogP contribution in [-0.4, -0.2) is 35.0 Å². The molecule has 2 rings (SSSR count). The predicted octanol–water partition coefficient (Wildman–Crippen LogP) is 3.63. The summed E-state index contributed by atoms with van der Waals surface area (Å²) in [7, 11) is 1.73. The number of rotatable bonds is 7. The minimum Gasteiger partial charge on any atom is -0.478 e. The van der Waals surface area contributed by atoms with Crippen LogP contribution < -0.4 is 0 Å². The van der Waals surface area contributed by atoms with Gasteiger partial charge in [0.2, 0.25) is 0 Å². The number of carboxylic acid groups (broad SMARTS) is 1. The molecule has 0 radical (unpaired) electrons. The van der Waals surface area contributed by atoms with Gasteiger partial charge in [0.15, 0.2) is 5.76 Å². The van der Waals surface area contributed by atoms with Crippen molar-refractivity contribution >= 4 is 11.9 Å². The number of nitrogens with zero attached hydrogens (tertiary/aromatic N) is 1. The monoisotopic (exact) mass is 329 g/mol. The summed E-state index contributed by atoms with van der Waals surface area (Å²) in [6.45, 7) is 3.83. The highest BCUT2D eigenvalue weighted by Gasteiger charge is 2.25. The predicted molar refractivity (Wildman–Crippen MR) is 91.4 cm³/mol. The zero-order valence-electron chi connectivity index (χ0n) is 14.3.